The van der Waals surface area contributed by atoms with E-state index in [0.717, 1.165) is 5.69 Å². The van der Waals surface area contributed by atoms with E-state index in [1.54, 1.807) is 38.4 Å². The van der Waals surface area contributed by atoms with Crippen LogP contribution in [0.15, 0.2) is 40.9 Å². The number of hydrogen-bond acceptors (Lipinski definition) is 7. The smallest absolute Gasteiger partial charge is 0.232 e. The molecule has 2 aromatic carbocycles. The maximum Gasteiger partial charge on any atom is 0.232 e. The van der Waals surface area contributed by atoms with Crippen LogP contribution in [-0.2, 0) is 4.79 Å². The van der Waals surface area contributed by atoms with Crippen LogP contribution in [0.5, 0.6) is 17.2 Å². The van der Waals surface area contributed by atoms with Gasteiger partial charge in [0.25, 0.3) is 0 Å². The minimum absolute atomic E-state index is 0.0415. The largest absolute Gasteiger partial charge is 0.493 e. The Bertz CT molecular complexity index is 1080. The molecule has 1 saturated heterocycles. The first-order valence-corrected chi connectivity index (χ1v) is 10.5. The molecule has 8 nitrogen and oxygen atoms in total. The average molecular weight is 437 g/mol. The maximum atomic E-state index is 12.7. The number of carbonyl (C=O) groups is 1. The van der Waals surface area contributed by atoms with E-state index in [9.17, 15) is 4.79 Å². The second-order valence-electron chi connectivity index (χ2n) is 8.02. The van der Waals surface area contributed by atoms with Gasteiger partial charge in [-0.3, -0.25) is 4.79 Å². The van der Waals surface area contributed by atoms with Gasteiger partial charge in [-0.1, -0.05) is 31.1 Å². The van der Waals surface area contributed by atoms with Crippen LogP contribution in [-0.4, -0.2) is 43.9 Å². The molecule has 0 radical (unpaired) electrons. The highest BCUT2D eigenvalue weighted by Gasteiger charge is 2.35. The van der Waals surface area contributed by atoms with Crippen LogP contribution in [0.1, 0.15) is 43.6 Å². The molecule has 2 heterocycles. The molecule has 8 heteroatoms. The van der Waals surface area contributed by atoms with Gasteiger partial charge in [0.2, 0.25) is 23.4 Å². The highest BCUT2D eigenvalue weighted by Crippen LogP contribution is 2.41. The predicted octanol–water partition coefficient (Wildman–Crippen LogP) is 4.41. The molecule has 0 bridgehead atoms. The molecule has 0 unspecified atom stereocenters. The standard InChI is InChI=1S/C24H27N3O5/c1-14(2)15-6-8-18(9-7-15)27-13-17(12-21(27)28)24-25-23(26-32-24)16-10-19(29-3)22(31-5)20(11-16)30-4/h6-11,14,17H,12-13H2,1-5H3/t17-/m0/s1. The van der Waals surface area contributed by atoms with E-state index in [2.05, 4.69) is 36.1 Å². The lowest BCUT2D eigenvalue weighted by Gasteiger charge is -2.17. The van der Waals surface area contributed by atoms with Gasteiger partial charge in [0.15, 0.2) is 11.5 Å². The second kappa shape index (κ2) is 8.90. The van der Waals surface area contributed by atoms with E-state index < -0.39 is 0 Å². The van der Waals surface area contributed by atoms with Gasteiger partial charge in [-0.25, -0.2) is 0 Å². The maximum absolute atomic E-state index is 12.7. The van der Waals surface area contributed by atoms with Crippen molar-refractivity contribution in [3.8, 4) is 28.6 Å². The summed E-state index contributed by atoms with van der Waals surface area (Å²) in [7, 11) is 4.65. The van der Waals surface area contributed by atoms with Crippen LogP contribution in [0.25, 0.3) is 11.4 Å². The van der Waals surface area contributed by atoms with Crippen molar-refractivity contribution < 1.29 is 23.5 Å². The first-order valence-electron chi connectivity index (χ1n) is 10.5. The van der Waals surface area contributed by atoms with Gasteiger partial charge in [0.1, 0.15) is 0 Å². The van der Waals surface area contributed by atoms with Crippen molar-refractivity contribution >= 4 is 11.6 Å². The van der Waals surface area contributed by atoms with Crippen molar-refractivity contribution in [2.45, 2.75) is 32.1 Å². The van der Waals surface area contributed by atoms with Gasteiger partial charge in [0.05, 0.1) is 27.2 Å². The van der Waals surface area contributed by atoms with Crippen LogP contribution in [0.4, 0.5) is 5.69 Å². The van der Waals surface area contributed by atoms with Gasteiger partial charge < -0.3 is 23.6 Å². The highest BCUT2D eigenvalue weighted by atomic mass is 16.5. The summed E-state index contributed by atoms with van der Waals surface area (Å²) in [5.41, 5.74) is 2.79. The lowest BCUT2D eigenvalue weighted by molar-refractivity contribution is -0.117. The topological polar surface area (TPSA) is 86.9 Å². The summed E-state index contributed by atoms with van der Waals surface area (Å²) in [6, 6.07) is 11.6. The summed E-state index contributed by atoms with van der Waals surface area (Å²) < 4.78 is 21.7. The van der Waals surface area contributed by atoms with Crippen molar-refractivity contribution in [1.82, 2.24) is 10.1 Å². The number of benzene rings is 2. The Labute approximate surface area is 187 Å². The summed E-state index contributed by atoms with van der Waals surface area (Å²) in [4.78, 5) is 19.0. The number of anilines is 1. The van der Waals surface area contributed by atoms with Gasteiger partial charge >= 0.3 is 0 Å². The SMILES string of the molecule is COc1cc(-c2noc([C@H]3CC(=O)N(c4ccc(C(C)C)cc4)C3)n2)cc(OC)c1OC. The van der Waals surface area contributed by atoms with Crippen LogP contribution >= 0.6 is 0 Å². The fourth-order valence-electron chi connectivity index (χ4n) is 3.89. The fourth-order valence-corrected chi connectivity index (χ4v) is 3.89. The molecule has 32 heavy (non-hydrogen) atoms. The number of methoxy groups -OCH3 is 3. The summed E-state index contributed by atoms with van der Waals surface area (Å²) in [6.45, 7) is 4.79. The Balaban J connectivity index is 1.56. The molecule has 1 amide bonds. The fraction of sp³-hybridized carbons (Fsp3) is 0.375. The van der Waals surface area contributed by atoms with Crippen LogP contribution in [0, 0.1) is 0 Å². The molecule has 1 aliphatic rings. The molecule has 3 aromatic rings. The molecule has 4 rings (SSSR count). The van der Waals surface area contributed by atoms with Crippen molar-refractivity contribution in [1.29, 1.82) is 0 Å². The van der Waals surface area contributed by atoms with Crippen molar-refractivity contribution in [3.63, 3.8) is 0 Å². The molecule has 1 fully saturated rings. The van der Waals surface area contributed by atoms with Crippen molar-refractivity contribution in [2.75, 3.05) is 32.8 Å². The molecule has 0 N–H and O–H groups in total. The lowest BCUT2D eigenvalue weighted by atomic mass is 10.0. The van der Waals surface area contributed by atoms with E-state index in [4.69, 9.17) is 18.7 Å². The number of nitrogens with zero attached hydrogens (tertiary/aromatic N) is 3. The number of ether oxygens (including phenoxy) is 3. The summed E-state index contributed by atoms with van der Waals surface area (Å²) in [5, 5.41) is 4.12. The first-order chi connectivity index (χ1) is 15.4. The molecule has 0 saturated carbocycles. The van der Waals surface area contributed by atoms with Crippen molar-refractivity contribution in [2.24, 2.45) is 0 Å². The highest BCUT2D eigenvalue weighted by molar-refractivity contribution is 5.96. The summed E-state index contributed by atoms with van der Waals surface area (Å²) in [5.74, 6) is 2.63. The van der Waals surface area contributed by atoms with E-state index in [-0.39, 0.29) is 11.8 Å². The van der Waals surface area contributed by atoms with Crippen LogP contribution in [0.2, 0.25) is 0 Å². The Kier molecular flexibility index (Phi) is 6.03. The van der Waals surface area contributed by atoms with E-state index in [1.165, 1.54) is 5.56 Å². The molecule has 1 aliphatic heterocycles. The van der Waals surface area contributed by atoms with Crippen molar-refractivity contribution in [3.05, 3.63) is 47.9 Å². The number of hydrogen-bond donors (Lipinski definition) is 0. The predicted molar refractivity (Wildman–Crippen MR) is 120 cm³/mol. The number of amides is 1. The molecule has 1 aromatic heterocycles. The van der Waals surface area contributed by atoms with Gasteiger partial charge in [-0.15, -0.1) is 0 Å². The third-order valence-corrected chi connectivity index (χ3v) is 5.71. The van der Waals surface area contributed by atoms with E-state index >= 15 is 0 Å². The van der Waals surface area contributed by atoms with Gasteiger partial charge in [-0.05, 0) is 35.7 Å². The minimum Gasteiger partial charge on any atom is -0.493 e. The Morgan fingerprint density at radius 3 is 2.25 bits per heavy atom. The Morgan fingerprint density at radius 1 is 1.03 bits per heavy atom. The minimum atomic E-state index is -0.171. The number of aromatic nitrogens is 2. The summed E-state index contributed by atoms with van der Waals surface area (Å²) >= 11 is 0. The zero-order valence-corrected chi connectivity index (χ0v) is 18.9. The van der Waals surface area contributed by atoms with E-state index in [1.807, 2.05) is 12.1 Å². The average Bonchev–Trinajstić information content (AvgIpc) is 3.45. The molecule has 1 atom stereocenters. The quantitative estimate of drug-likeness (QED) is 0.541. The van der Waals surface area contributed by atoms with E-state index in [0.29, 0.717) is 53.4 Å². The Morgan fingerprint density at radius 2 is 1.69 bits per heavy atom. The van der Waals surface area contributed by atoms with Gasteiger partial charge in [0, 0.05) is 24.2 Å². The summed E-state index contributed by atoms with van der Waals surface area (Å²) in [6.07, 6.45) is 0.322. The zero-order chi connectivity index (χ0) is 22.8. The molecule has 168 valence electrons. The molecular formula is C24H27N3O5. The second-order valence-corrected chi connectivity index (χ2v) is 8.02. The lowest BCUT2D eigenvalue weighted by Crippen LogP contribution is -2.24. The molecule has 0 spiro atoms. The number of carbonyl (C=O) groups excluding carboxylic acids is 1. The monoisotopic (exact) mass is 437 g/mol. The molecule has 0 aliphatic carbocycles. The van der Waals surface area contributed by atoms with Gasteiger partial charge in [-0.2, -0.15) is 4.98 Å². The Hall–Kier alpha value is -3.55. The van der Waals surface area contributed by atoms with Crippen LogP contribution < -0.4 is 19.1 Å². The van der Waals surface area contributed by atoms with Crippen LogP contribution in [0.3, 0.4) is 0 Å². The molecular weight excluding hydrogens is 410 g/mol. The third kappa shape index (κ3) is 4.00. The first kappa shape index (κ1) is 21.7. The normalized spacial score (nSPS) is 16.0. The number of rotatable bonds is 7. The third-order valence-electron chi connectivity index (χ3n) is 5.71. The zero-order valence-electron chi connectivity index (χ0n) is 18.9.